The molecule has 0 aromatic heterocycles. The number of benzene rings is 3. The van der Waals surface area contributed by atoms with Gasteiger partial charge < -0.3 is 24.4 Å². The van der Waals surface area contributed by atoms with E-state index in [-0.39, 0.29) is 45.6 Å². The molecule has 1 fully saturated rings. The van der Waals surface area contributed by atoms with Gasteiger partial charge in [0.1, 0.15) is 18.3 Å². The van der Waals surface area contributed by atoms with Crippen molar-refractivity contribution in [2.75, 3.05) is 38.7 Å². The van der Waals surface area contributed by atoms with E-state index in [9.17, 15) is 18.0 Å². The molecular weight excluding hydrogens is 630 g/mol. The Labute approximate surface area is 276 Å². The van der Waals surface area contributed by atoms with E-state index in [0.717, 1.165) is 35.6 Å². The Hall–Kier alpha value is -3.96. The molecule has 10 nitrogen and oxygen atoms in total. The van der Waals surface area contributed by atoms with Crippen LogP contribution in [0.25, 0.3) is 0 Å². The number of carbonyl (C=O) groups excluding carboxylic acids is 2. The summed E-state index contributed by atoms with van der Waals surface area (Å²) in [6.07, 6.45) is 4.70. The van der Waals surface area contributed by atoms with Gasteiger partial charge in [-0.3, -0.25) is 13.9 Å². The second-order valence-corrected chi connectivity index (χ2v) is 13.4. The molecule has 0 saturated heterocycles. The van der Waals surface area contributed by atoms with Gasteiger partial charge in [0.05, 0.1) is 31.9 Å². The number of carbonyl (C=O) groups is 2. The molecule has 0 radical (unpaired) electrons. The summed E-state index contributed by atoms with van der Waals surface area (Å²) in [5, 5.41) is 3.37. The third-order valence-corrected chi connectivity index (χ3v) is 10.2. The van der Waals surface area contributed by atoms with Crippen molar-refractivity contribution < 1.29 is 32.2 Å². The molecule has 1 aliphatic carbocycles. The number of methoxy groups -OCH3 is 3. The van der Waals surface area contributed by atoms with Gasteiger partial charge in [-0.1, -0.05) is 61.7 Å². The van der Waals surface area contributed by atoms with Gasteiger partial charge in [-0.2, -0.15) is 0 Å². The first-order chi connectivity index (χ1) is 22.1. The van der Waals surface area contributed by atoms with Gasteiger partial charge in [0.25, 0.3) is 10.0 Å². The molecule has 3 aromatic carbocycles. The first-order valence-electron chi connectivity index (χ1n) is 15.3. The fourth-order valence-electron chi connectivity index (χ4n) is 5.74. The van der Waals surface area contributed by atoms with Crippen LogP contribution in [0.3, 0.4) is 0 Å². The third-order valence-electron chi connectivity index (χ3n) is 8.20. The molecule has 1 atom stereocenters. The minimum absolute atomic E-state index is 0.0604. The Morgan fingerprint density at radius 3 is 2.20 bits per heavy atom. The molecule has 1 aliphatic rings. The van der Waals surface area contributed by atoms with Crippen LogP contribution in [-0.2, 0) is 26.0 Å². The summed E-state index contributed by atoms with van der Waals surface area (Å²) in [7, 11) is -0.158. The van der Waals surface area contributed by atoms with E-state index in [0.29, 0.717) is 18.6 Å². The quantitative estimate of drug-likeness (QED) is 0.228. The van der Waals surface area contributed by atoms with Gasteiger partial charge >= 0.3 is 0 Å². The summed E-state index contributed by atoms with van der Waals surface area (Å²) >= 11 is 6.35. The number of sulfonamides is 1. The summed E-state index contributed by atoms with van der Waals surface area (Å²) in [6, 6.07) is 17.6. The molecule has 12 heteroatoms. The second-order valence-electron chi connectivity index (χ2n) is 11.1. The minimum Gasteiger partial charge on any atom is -0.495 e. The summed E-state index contributed by atoms with van der Waals surface area (Å²) in [5.74, 6) is -0.0495. The van der Waals surface area contributed by atoms with Gasteiger partial charge in [-0.05, 0) is 61.6 Å². The van der Waals surface area contributed by atoms with Gasteiger partial charge in [0.2, 0.25) is 11.8 Å². The molecule has 46 heavy (non-hydrogen) atoms. The summed E-state index contributed by atoms with van der Waals surface area (Å²) < 4.78 is 46.0. The minimum atomic E-state index is -4.42. The largest absolute Gasteiger partial charge is 0.495 e. The molecule has 248 valence electrons. The fraction of sp³-hybridized carbons (Fsp3) is 0.412. The lowest BCUT2D eigenvalue weighted by atomic mass is 10.1. The Kier molecular flexibility index (Phi) is 12.2. The van der Waals surface area contributed by atoms with Crippen LogP contribution in [0.2, 0.25) is 5.02 Å². The first-order valence-corrected chi connectivity index (χ1v) is 17.2. The normalized spacial score (nSPS) is 13.9. The standard InChI is InChI=1S/C34H42ClN3O7S/c1-5-28(34(40)36-26-13-9-10-14-26)37(20-19-24-11-7-6-8-12-24)33(39)23-38(29-21-25(35)15-17-30(29)43-2)46(41,42)27-16-18-31(44-3)32(22-27)45-4/h6-8,11-12,15-18,21-22,26,28H,5,9-10,13-14,19-20,23H2,1-4H3,(H,36,40)/t28-/m1/s1. The Balaban J connectivity index is 1.76. The SMILES string of the molecule is CC[C@H](C(=O)NC1CCCC1)N(CCc1ccccc1)C(=O)CN(c1cc(Cl)ccc1OC)S(=O)(=O)c1ccc(OC)c(OC)c1. The molecule has 1 N–H and O–H groups in total. The highest BCUT2D eigenvalue weighted by Gasteiger charge is 2.35. The molecule has 0 spiro atoms. The fourth-order valence-corrected chi connectivity index (χ4v) is 7.34. The molecule has 0 aliphatic heterocycles. The topological polar surface area (TPSA) is 114 Å². The van der Waals surface area contributed by atoms with Crippen LogP contribution in [-0.4, -0.2) is 71.6 Å². The highest BCUT2D eigenvalue weighted by Crippen LogP contribution is 2.37. The van der Waals surface area contributed by atoms with Crippen molar-refractivity contribution in [1.29, 1.82) is 0 Å². The second kappa shape index (κ2) is 16.0. The highest BCUT2D eigenvalue weighted by atomic mass is 35.5. The van der Waals surface area contributed by atoms with E-state index >= 15 is 0 Å². The molecule has 1 saturated carbocycles. The zero-order valence-corrected chi connectivity index (χ0v) is 28.3. The lowest BCUT2D eigenvalue weighted by Crippen LogP contribution is -2.54. The molecular formula is C34H42ClN3O7S. The van der Waals surface area contributed by atoms with Gasteiger partial charge in [0.15, 0.2) is 11.5 Å². The van der Waals surface area contributed by atoms with E-state index < -0.39 is 28.5 Å². The first kappa shape index (κ1) is 34.9. The number of nitrogens with one attached hydrogen (secondary N) is 1. The van der Waals surface area contributed by atoms with E-state index in [2.05, 4.69) is 5.32 Å². The average molecular weight is 672 g/mol. The number of amides is 2. The zero-order valence-electron chi connectivity index (χ0n) is 26.7. The predicted octanol–water partition coefficient (Wildman–Crippen LogP) is 5.47. The summed E-state index contributed by atoms with van der Waals surface area (Å²) in [5.41, 5.74) is 1.06. The number of halogens is 1. The van der Waals surface area contributed by atoms with Crippen LogP contribution >= 0.6 is 11.6 Å². The van der Waals surface area contributed by atoms with Gasteiger partial charge in [0, 0.05) is 23.7 Å². The molecule has 0 bridgehead atoms. The van der Waals surface area contributed by atoms with E-state index in [1.807, 2.05) is 37.3 Å². The van der Waals surface area contributed by atoms with Crippen LogP contribution < -0.4 is 23.8 Å². The number of rotatable bonds is 15. The number of hydrogen-bond donors (Lipinski definition) is 1. The maximum atomic E-state index is 14.4. The molecule has 2 amide bonds. The smallest absolute Gasteiger partial charge is 0.265 e. The van der Waals surface area contributed by atoms with E-state index in [1.54, 1.807) is 6.07 Å². The lowest BCUT2D eigenvalue weighted by molar-refractivity contribution is -0.139. The van der Waals surface area contributed by atoms with Gasteiger partial charge in [-0.25, -0.2) is 8.42 Å². The van der Waals surface area contributed by atoms with E-state index in [1.165, 1.54) is 56.6 Å². The van der Waals surface area contributed by atoms with Crippen molar-refractivity contribution in [2.45, 2.75) is 62.4 Å². The molecule has 0 unspecified atom stereocenters. The number of nitrogens with zero attached hydrogens (tertiary/aromatic N) is 2. The van der Waals surface area contributed by atoms with Crippen molar-refractivity contribution in [3.05, 3.63) is 77.3 Å². The monoisotopic (exact) mass is 671 g/mol. The van der Waals surface area contributed by atoms with Crippen molar-refractivity contribution in [1.82, 2.24) is 10.2 Å². The third kappa shape index (κ3) is 8.24. The van der Waals surface area contributed by atoms with Crippen molar-refractivity contribution >= 4 is 39.1 Å². The number of hydrogen-bond acceptors (Lipinski definition) is 7. The summed E-state index contributed by atoms with van der Waals surface area (Å²) in [6.45, 7) is 1.44. The maximum absolute atomic E-state index is 14.4. The lowest BCUT2D eigenvalue weighted by Gasteiger charge is -2.34. The van der Waals surface area contributed by atoms with Crippen LogP contribution in [0, 0.1) is 0 Å². The molecule has 4 rings (SSSR count). The number of ether oxygens (including phenoxy) is 3. The van der Waals surface area contributed by atoms with Crippen LogP contribution in [0.1, 0.15) is 44.6 Å². The predicted molar refractivity (Wildman–Crippen MR) is 178 cm³/mol. The van der Waals surface area contributed by atoms with Crippen LogP contribution in [0.4, 0.5) is 5.69 Å². The van der Waals surface area contributed by atoms with Crippen molar-refractivity contribution in [3.8, 4) is 17.2 Å². The molecule has 3 aromatic rings. The van der Waals surface area contributed by atoms with E-state index in [4.69, 9.17) is 25.8 Å². The zero-order chi connectivity index (χ0) is 33.3. The average Bonchev–Trinajstić information content (AvgIpc) is 3.58. The highest BCUT2D eigenvalue weighted by molar-refractivity contribution is 7.92. The summed E-state index contributed by atoms with van der Waals surface area (Å²) in [4.78, 5) is 29.4. The van der Waals surface area contributed by atoms with Crippen molar-refractivity contribution in [3.63, 3.8) is 0 Å². The Morgan fingerprint density at radius 2 is 1.57 bits per heavy atom. The Morgan fingerprint density at radius 1 is 0.913 bits per heavy atom. The van der Waals surface area contributed by atoms with Gasteiger partial charge in [-0.15, -0.1) is 0 Å². The maximum Gasteiger partial charge on any atom is 0.265 e. The van der Waals surface area contributed by atoms with Crippen LogP contribution in [0.15, 0.2) is 71.6 Å². The number of anilines is 1. The van der Waals surface area contributed by atoms with Crippen molar-refractivity contribution in [2.24, 2.45) is 0 Å². The molecule has 0 heterocycles. The Bertz CT molecular complexity index is 1600. The van der Waals surface area contributed by atoms with Crippen LogP contribution in [0.5, 0.6) is 17.2 Å².